The molecule has 0 aliphatic heterocycles. The summed E-state index contributed by atoms with van der Waals surface area (Å²) < 4.78 is 6.92. The Morgan fingerprint density at radius 3 is 2.67 bits per heavy atom. The van der Waals surface area contributed by atoms with Crippen molar-refractivity contribution < 1.29 is 9.84 Å². The first-order valence-corrected chi connectivity index (χ1v) is 5.52. The van der Waals surface area contributed by atoms with E-state index in [1.54, 1.807) is 7.11 Å². The fraction of sp³-hybridized carbons (Fsp3) is 0.700. The van der Waals surface area contributed by atoms with E-state index in [0.717, 1.165) is 9.25 Å². The van der Waals surface area contributed by atoms with Crippen LogP contribution in [0.3, 0.4) is 0 Å². The predicted molar refractivity (Wildman–Crippen MR) is 65.7 cm³/mol. The van der Waals surface area contributed by atoms with E-state index in [1.807, 2.05) is 0 Å². The molecule has 0 spiro atoms. The number of anilines is 1. The molecule has 0 bridgehead atoms. The van der Waals surface area contributed by atoms with Gasteiger partial charge in [-0.05, 0) is 6.42 Å². The third-order valence-electron chi connectivity index (χ3n) is 2.55. The summed E-state index contributed by atoms with van der Waals surface area (Å²) in [6, 6.07) is -0.345. The largest absolute Gasteiger partial charge is 0.394 e. The number of aryl methyl sites for hydroxylation is 1. The zero-order valence-electron chi connectivity index (χ0n) is 10.7. The number of nitrogens with zero attached hydrogens (tertiary/aromatic N) is 3. The number of hydrogen-bond acceptors (Lipinski definition) is 6. The molecular formula is C10H18N4O4. The lowest BCUT2D eigenvalue weighted by Gasteiger charge is -2.16. The minimum Gasteiger partial charge on any atom is -0.394 e. The Balaban J connectivity index is 2.97. The summed E-state index contributed by atoms with van der Waals surface area (Å²) in [5.74, 6) is 0.0368. The standard InChI is InChI=1S/C10H18N4O4/c1-13-9(16)8(12-14(2)10(13)17)11-7(6-15)4-5-18-3/h7,15H,4-6H2,1-3H3,(H,11,12). The van der Waals surface area contributed by atoms with Crippen LogP contribution in [0.1, 0.15) is 6.42 Å². The van der Waals surface area contributed by atoms with Gasteiger partial charge in [0.05, 0.1) is 12.6 Å². The topological polar surface area (TPSA) is 98.4 Å². The fourth-order valence-electron chi connectivity index (χ4n) is 1.45. The van der Waals surface area contributed by atoms with Crippen molar-refractivity contribution in [2.75, 3.05) is 25.6 Å². The zero-order chi connectivity index (χ0) is 13.7. The second-order valence-corrected chi connectivity index (χ2v) is 3.92. The molecule has 1 atom stereocenters. The van der Waals surface area contributed by atoms with Gasteiger partial charge >= 0.3 is 5.69 Å². The quantitative estimate of drug-likeness (QED) is 0.630. The molecule has 0 saturated carbocycles. The lowest BCUT2D eigenvalue weighted by atomic mass is 10.2. The number of nitrogens with one attached hydrogen (secondary N) is 1. The molecule has 0 saturated heterocycles. The van der Waals surface area contributed by atoms with Crippen molar-refractivity contribution in [2.24, 2.45) is 14.1 Å². The Bertz CT molecular complexity index is 508. The number of ether oxygens (including phenoxy) is 1. The first-order valence-electron chi connectivity index (χ1n) is 5.52. The second kappa shape index (κ2) is 6.31. The van der Waals surface area contributed by atoms with E-state index in [-0.39, 0.29) is 18.5 Å². The van der Waals surface area contributed by atoms with Crippen LogP contribution in [-0.4, -0.2) is 45.8 Å². The molecule has 1 unspecified atom stereocenters. The Morgan fingerprint density at radius 1 is 1.44 bits per heavy atom. The van der Waals surface area contributed by atoms with Gasteiger partial charge in [0.1, 0.15) is 0 Å². The third-order valence-corrected chi connectivity index (χ3v) is 2.55. The molecule has 1 rings (SSSR count). The maximum absolute atomic E-state index is 11.8. The predicted octanol–water partition coefficient (Wildman–Crippen LogP) is -1.71. The molecule has 8 heteroatoms. The van der Waals surface area contributed by atoms with Crippen molar-refractivity contribution in [1.29, 1.82) is 0 Å². The number of aromatic nitrogens is 3. The van der Waals surface area contributed by atoms with E-state index >= 15 is 0 Å². The van der Waals surface area contributed by atoms with Gasteiger partial charge in [0.2, 0.25) is 5.82 Å². The summed E-state index contributed by atoms with van der Waals surface area (Å²) in [6.45, 7) is 0.293. The first-order chi connectivity index (χ1) is 8.51. The van der Waals surface area contributed by atoms with Crippen molar-refractivity contribution in [3.63, 3.8) is 0 Å². The molecule has 0 aliphatic carbocycles. The highest BCUT2D eigenvalue weighted by atomic mass is 16.5. The molecule has 18 heavy (non-hydrogen) atoms. The number of methoxy groups -OCH3 is 1. The highest BCUT2D eigenvalue weighted by molar-refractivity contribution is 5.31. The SMILES string of the molecule is COCCC(CO)Nc1nn(C)c(=O)n(C)c1=O. The van der Waals surface area contributed by atoms with E-state index in [1.165, 1.54) is 14.1 Å². The van der Waals surface area contributed by atoms with Gasteiger partial charge < -0.3 is 15.2 Å². The molecule has 1 aromatic rings. The van der Waals surface area contributed by atoms with Crippen LogP contribution in [-0.2, 0) is 18.8 Å². The normalized spacial score (nSPS) is 12.4. The van der Waals surface area contributed by atoms with Crippen molar-refractivity contribution in [1.82, 2.24) is 14.3 Å². The van der Waals surface area contributed by atoms with Gasteiger partial charge in [-0.25, -0.2) is 9.48 Å². The molecular weight excluding hydrogens is 240 g/mol. The second-order valence-electron chi connectivity index (χ2n) is 3.92. The average Bonchev–Trinajstić information content (AvgIpc) is 2.37. The fourth-order valence-corrected chi connectivity index (χ4v) is 1.45. The minimum atomic E-state index is -0.519. The van der Waals surface area contributed by atoms with Crippen molar-refractivity contribution >= 4 is 5.82 Å². The van der Waals surface area contributed by atoms with Crippen molar-refractivity contribution in [3.8, 4) is 0 Å². The molecule has 1 aromatic heterocycles. The summed E-state index contributed by atoms with van der Waals surface area (Å²) >= 11 is 0. The molecule has 0 aromatic carbocycles. The van der Waals surface area contributed by atoms with E-state index in [9.17, 15) is 14.7 Å². The van der Waals surface area contributed by atoms with Crippen LogP contribution >= 0.6 is 0 Å². The smallest absolute Gasteiger partial charge is 0.346 e. The molecule has 102 valence electrons. The van der Waals surface area contributed by atoms with Crippen molar-refractivity contribution in [2.45, 2.75) is 12.5 Å². The summed E-state index contributed by atoms with van der Waals surface area (Å²) in [5, 5.41) is 15.8. The number of aliphatic hydroxyl groups is 1. The molecule has 0 amide bonds. The van der Waals surface area contributed by atoms with Crippen LogP contribution in [0.5, 0.6) is 0 Å². The maximum Gasteiger partial charge on any atom is 0.346 e. The Morgan fingerprint density at radius 2 is 2.11 bits per heavy atom. The first kappa shape index (κ1) is 14.4. The van der Waals surface area contributed by atoms with Crippen LogP contribution in [0.25, 0.3) is 0 Å². The van der Waals surface area contributed by atoms with Gasteiger partial charge in [-0.1, -0.05) is 0 Å². The van der Waals surface area contributed by atoms with Crippen molar-refractivity contribution in [3.05, 3.63) is 20.8 Å². The van der Waals surface area contributed by atoms with E-state index < -0.39 is 11.2 Å². The van der Waals surface area contributed by atoms with Gasteiger partial charge in [0.25, 0.3) is 5.56 Å². The number of rotatable bonds is 6. The third kappa shape index (κ3) is 3.17. The zero-order valence-corrected chi connectivity index (χ0v) is 10.7. The highest BCUT2D eigenvalue weighted by Crippen LogP contribution is 1.99. The van der Waals surface area contributed by atoms with Crippen LogP contribution < -0.4 is 16.6 Å². The minimum absolute atomic E-state index is 0.0368. The molecule has 0 aliphatic rings. The maximum atomic E-state index is 11.8. The Hall–Kier alpha value is -1.67. The summed E-state index contributed by atoms with van der Waals surface area (Å²) in [5.41, 5.74) is -1.02. The Kier molecular flexibility index (Phi) is 5.05. The molecule has 2 N–H and O–H groups in total. The van der Waals surface area contributed by atoms with E-state index in [0.29, 0.717) is 13.0 Å². The molecule has 1 heterocycles. The number of hydrogen-bond donors (Lipinski definition) is 2. The average molecular weight is 258 g/mol. The summed E-state index contributed by atoms with van der Waals surface area (Å²) in [6.07, 6.45) is 0.528. The van der Waals surface area contributed by atoms with Gasteiger partial charge in [-0.2, -0.15) is 0 Å². The Labute approximate surface area is 104 Å². The lowest BCUT2D eigenvalue weighted by Crippen LogP contribution is -2.41. The van der Waals surface area contributed by atoms with Crippen LogP contribution in [0.4, 0.5) is 5.82 Å². The molecule has 8 nitrogen and oxygen atoms in total. The number of aliphatic hydroxyl groups excluding tert-OH is 1. The highest BCUT2D eigenvalue weighted by Gasteiger charge is 2.13. The monoisotopic (exact) mass is 258 g/mol. The summed E-state index contributed by atoms with van der Waals surface area (Å²) in [4.78, 5) is 23.2. The van der Waals surface area contributed by atoms with E-state index in [2.05, 4.69) is 10.4 Å². The molecule has 0 radical (unpaired) electrons. The van der Waals surface area contributed by atoms with Gasteiger partial charge in [-0.15, -0.1) is 5.10 Å². The molecule has 0 fully saturated rings. The van der Waals surface area contributed by atoms with Gasteiger partial charge in [0, 0.05) is 27.8 Å². The van der Waals surface area contributed by atoms with Gasteiger partial charge in [-0.3, -0.25) is 9.36 Å². The van der Waals surface area contributed by atoms with Crippen LogP contribution in [0.2, 0.25) is 0 Å². The van der Waals surface area contributed by atoms with Crippen LogP contribution in [0.15, 0.2) is 9.59 Å². The van der Waals surface area contributed by atoms with Gasteiger partial charge in [0.15, 0.2) is 0 Å². The van der Waals surface area contributed by atoms with E-state index in [4.69, 9.17) is 4.74 Å². The summed E-state index contributed by atoms with van der Waals surface area (Å²) in [7, 11) is 4.38. The van der Waals surface area contributed by atoms with Crippen LogP contribution in [0, 0.1) is 0 Å². The lowest BCUT2D eigenvalue weighted by molar-refractivity contribution is 0.174.